The fraction of sp³-hybridized carbons (Fsp3) is 0.522. The van der Waals surface area contributed by atoms with Crippen molar-refractivity contribution in [3.05, 3.63) is 47.8 Å². The number of nitrogens with zero attached hydrogens (tertiary/aromatic N) is 3. The number of alkyl halides is 3. The first kappa shape index (κ1) is 24.0. The van der Waals surface area contributed by atoms with Gasteiger partial charge in [0.1, 0.15) is 5.78 Å². The lowest BCUT2D eigenvalue weighted by Gasteiger charge is -2.31. The van der Waals surface area contributed by atoms with Gasteiger partial charge in [0.15, 0.2) is 5.69 Å². The summed E-state index contributed by atoms with van der Waals surface area (Å²) in [5, 5.41) is 6.09. The lowest BCUT2D eigenvalue weighted by molar-refractivity contribution is -0.141. The number of hydrogen-bond acceptors (Lipinski definition) is 4. The molecule has 174 valence electrons. The number of carbonyl (C=O) groups is 2. The summed E-state index contributed by atoms with van der Waals surface area (Å²) >= 11 is 0. The van der Waals surface area contributed by atoms with Crippen LogP contribution in [0.4, 0.5) is 13.2 Å². The first-order chi connectivity index (χ1) is 15.3. The van der Waals surface area contributed by atoms with E-state index in [-0.39, 0.29) is 18.2 Å². The largest absolute Gasteiger partial charge is 0.435 e. The van der Waals surface area contributed by atoms with Crippen LogP contribution in [0.2, 0.25) is 0 Å². The third-order valence-corrected chi connectivity index (χ3v) is 5.63. The molecule has 2 heterocycles. The number of ketones is 1. The predicted molar refractivity (Wildman–Crippen MR) is 115 cm³/mol. The summed E-state index contributed by atoms with van der Waals surface area (Å²) in [4.78, 5) is 27.3. The number of amides is 1. The highest BCUT2D eigenvalue weighted by atomic mass is 19.4. The van der Waals surface area contributed by atoms with Crippen molar-refractivity contribution in [3.63, 3.8) is 0 Å². The van der Waals surface area contributed by atoms with E-state index in [1.54, 1.807) is 30.3 Å². The van der Waals surface area contributed by atoms with E-state index in [0.717, 1.165) is 49.8 Å². The van der Waals surface area contributed by atoms with Crippen LogP contribution in [-0.2, 0) is 11.0 Å². The highest BCUT2D eigenvalue weighted by molar-refractivity contribution is 5.95. The van der Waals surface area contributed by atoms with E-state index in [1.807, 2.05) is 0 Å². The van der Waals surface area contributed by atoms with Gasteiger partial charge in [-0.2, -0.15) is 18.3 Å². The van der Waals surface area contributed by atoms with E-state index in [4.69, 9.17) is 0 Å². The van der Waals surface area contributed by atoms with Crippen LogP contribution in [0.1, 0.15) is 55.1 Å². The van der Waals surface area contributed by atoms with Gasteiger partial charge in [0.05, 0.1) is 11.3 Å². The van der Waals surface area contributed by atoms with Crippen LogP contribution in [0.15, 0.2) is 36.5 Å². The van der Waals surface area contributed by atoms with Crippen LogP contribution in [0.5, 0.6) is 0 Å². The summed E-state index contributed by atoms with van der Waals surface area (Å²) in [6.07, 6.45) is -0.0498. The fourth-order valence-corrected chi connectivity index (χ4v) is 4.06. The minimum absolute atomic E-state index is 0.00642. The number of Topliss-reactive ketones (excluding diaryl/α,β-unsaturated/α-hetero) is 1. The summed E-state index contributed by atoms with van der Waals surface area (Å²) in [7, 11) is 0. The van der Waals surface area contributed by atoms with E-state index in [9.17, 15) is 22.8 Å². The zero-order valence-corrected chi connectivity index (χ0v) is 18.2. The molecule has 32 heavy (non-hydrogen) atoms. The maximum atomic E-state index is 13.4. The smallest absolute Gasteiger partial charge is 0.352 e. The molecule has 0 radical (unpaired) electrons. The van der Waals surface area contributed by atoms with E-state index in [2.05, 4.69) is 22.2 Å². The van der Waals surface area contributed by atoms with Crippen molar-refractivity contribution >= 4 is 11.7 Å². The van der Waals surface area contributed by atoms with Crippen molar-refractivity contribution in [2.75, 3.05) is 26.2 Å². The number of piperidine rings is 1. The molecule has 3 rings (SSSR count). The molecule has 1 amide bonds. The highest BCUT2D eigenvalue weighted by Crippen LogP contribution is 2.31. The minimum atomic E-state index is -4.76. The molecule has 6 nitrogen and oxygen atoms in total. The Morgan fingerprint density at radius 2 is 1.97 bits per heavy atom. The Bertz CT molecular complexity index is 910. The van der Waals surface area contributed by atoms with Gasteiger partial charge >= 0.3 is 6.18 Å². The Labute approximate surface area is 185 Å². The second-order valence-electron chi connectivity index (χ2n) is 8.13. The SMILES string of the molecule is CCCN1CCCC(C(=O)CCCNC(=O)c2cn(-c3ccccc3)nc2C(F)(F)F)C1. The van der Waals surface area contributed by atoms with Crippen molar-refractivity contribution in [2.24, 2.45) is 5.92 Å². The molecule has 1 saturated heterocycles. The standard InChI is InChI=1S/C23H29F3N4O2/c1-2-13-29-14-7-8-17(15-29)20(31)11-6-12-27-22(32)19-16-30(18-9-4-3-5-10-18)28-21(19)23(24,25)26/h3-5,9-10,16-17H,2,6-8,11-15H2,1H3,(H,27,32). The van der Waals surface area contributed by atoms with Crippen LogP contribution in [-0.4, -0.2) is 52.5 Å². The summed E-state index contributed by atoms with van der Waals surface area (Å²) in [5.74, 6) is -0.682. The third-order valence-electron chi connectivity index (χ3n) is 5.63. The zero-order chi connectivity index (χ0) is 23.1. The van der Waals surface area contributed by atoms with Gasteiger partial charge in [0, 0.05) is 31.6 Å². The quantitative estimate of drug-likeness (QED) is 0.585. The molecular formula is C23H29F3N4O2. The van der Waals surface area contributed by atoms with E-state index < -0.39 is 23.3 Å². The highest BCUT2D eigenvalue weighted by Gasteiger charge is 2.39. The molecule has 1 aromatic carbocycles. The van der Waals surface area contributed by atoms with Gasteiger partial charge in [-0.3, -0.25) is 9.59 Å². The van der Waals surface area contributed by atoms with Crippen molar-refractivity contribution < 1.29 is 22.8 Å². The van der Waals surface area contributed by atoms with Gasteiger partial charge in [-0.05, 0) is 50.9 Å². The van der Waals surface area contributed by atoms with Gasteiger partial charge in [-0.25, -0.2) is 4.68 Å². The number of aromatic nitrogens is 2. The molecule has 9 heteroatoms. The molecule has 0 spiro atoms. The topological polar surface area (TPSA) is 67.2 Å². The van der Waals surface area contributed by atoms with Gasteiger partial charge in [-0.1, -0.05) is 25.1 Å². The number of benzene rings is 1. The molecule has 1 aliphatic rings. The number of nitrogens with one attached hydrogen (secondary N) is 1. The van der Waals surface area contributed by atoms with Crippen LogP contribution in [0.3, 0.4) is 0 Å². The maximum absolute atomic E-state index is 13.4. The van der Waals surface area contributed by atoms with Gasteiger partial charge < -0.3 is 10.2 Å². The average molecular weight is 451 g/mol. The van der Waals surface area contributed by atoms with E-state index in [0.29, 0.717) is 18.5 Å². The molecule has 1 N–H and O–H groups in total. The lowest BCUT2D eigenvalue weighted by atomic mass is 9.91. The summed E-state index contributed by atoms with van der Waals surface area (Å²) in [6.45, 7) is 5.02. The Kier molecular flexibility index (Phi) is 8.06. The first-order valence-corrected chi connectivity index (χ1v) is 11.0. The van der Waals surface area contributed by atoms with Crippen LogP contribution in [0.25, 0.3) is 5.69 Å². The summed E-state index contributed by atoms with van der Waals surface area (Å²) in [6, 6.07) is 8.30. The maximum Gasteiger partial charge on any atom is 0.435 e. The van der Waals surface area contributed by atoms with Gasteiger partial charge in [0.2, 0.25) is 0 Å². The normalized spacial score (nSPS) is 17.3. The fourth-order valence-electron chi connectivity index (χ4n) is 4.06. The first-order valence-electron chi connectivity index (χ1n) is 11.0. The molecule has 1 fully saturated rings. The third kappa shape index (κ3) is 6.18. The molecule has 1 atom stereocenters. The monoisotopic (exact) mass is 450 g/mol. The molecule has 1 aliphatic heterocycles. The number of halogens is 3. The second-order valence-corrected chi connectivity index (χ2v) is 8.13. The second kappa shape index (κ2) is 10.8. The van der Waals surface area contributed by atoms with Crippen LogP contribution in [0, 0.1) is 5.92 Å². The molecule has 0 aliphatic carbocycles. The summed E-state index contributed by atoms with van der Waals surface area (Å²) < 4.78 is 41.3. The Morgan fingerprint density at radius 1 is 1.22 bits per heavy atom. The minimum Gasteiger partial charge on any atom is -0.352 e. The van der Waals surface area contributed by atoms with Crippen LogP contribution < -0.4 is 5.32 Å². The molecule has 0 saturated carbocycles. The van der Waals surface area contributed by atoms with E-state index >= 15 is 0 Å². The Morgan fingerprint density at radius 3 is 2.66 bits per heavy atom. The molecule has 1 aromatic heterocycles. The van der Waals surface area contributed by atoms with Crippen molar-refractivity contribution in [2.45, 2.75) is 45.2 Å². The molecule has 1 unspecified atom stereocenters. The summed E-state index contributed by atoms with van der Waals surface area (Å²) in [5.41, 5.74) is -1.34. The van der Waals surface area contributed by atoms with Crippen molar-refractivity contribution in [3.8, 4) is 5.69 Å². The van der Waals surface area contributed by atoms with Crippen molar-refractivity contribution in [1.29, 1.82) is 0 Å². The molecule has 0 bridgehead atoms. The molecular weight excluding hydrogens is 421 g/mol. The number of carbonyl (C=O) groups excluding carboxylic acids is 2. The average Bonchev–Trinajstić information content (AvgIpc) is 3.24. The molecule has 2 aromatic rings. The predicted octanol–water partition coefficient (Wildman–Crippen LogP) is 4.09. The Balaban J connectivity index is 1.55. The van der Waals surface area contributed by atoms with Gasteiger partial charge in [0.25, 0.3) is 5.91 Å². The number of para-hydroxylation sites is 1. The number of likely N-dealkylation sites (tertiary alicyclic amines) is 1. The van der Waals surface area contributed by atoms with E-state index in [1.165, 1.54) is 0 Å². The van der Waals surface area contributed by atoms with Gasteiger partial charge in [-0.15, -0.1) is 0 Å². The number of hydrogen-bond donors (Lipinski definition) is 1. The Hall–Kier alpha value is -2.68. The lowest BCUT2D eigenvalue weighted by Crippen LogP contribution is -2.39. The number of rotatable bonds is 9. The van der Waals surface area contributed by atoms with Crippen LogP contribution >= 0.6 is 0 Å². The van der Waals surface area contributed by atoms with Crippen molar-refractivity contribution in [1.82, 2.24) is 20.0 Å². The zero-order valence-electron chi connectivity index (χ0n) is 18.2.